The van der Waals surface area contributed by atoms with Gasteiger partial charge in [-0.15, -0.1) is 0 Å². The molecule has 0 aliphatic rings. The normalized spacial score (nSPS) is 7.38. The fraction of sp³-hybridized carbons (Fsp3) is 0. The minimum atomic E-state index is 0. The molecule has 0 unspecified atom stereocenters. The van der Waals surface area contributed by atoms with Gasteiger partial charge in [0.15, 0.2) is 0 Å². The molecule has 13 heavy (non-hydrogen) atoms. The third-order valence-electron chi connectivity index (χ3n) is 1.03. The minimum absolute atomic E-state index is 0. The summed E-state index contributed by atoms with van der Waals surface area (Å²) in [5.74, 6) is 0. The van der Waals surface area contributed by atoms with Crippen molar-refractivity contribution in [3.63, 3.8) is 0 Å². The van der Waals surface area contributed by atoms with Gasteiger partial charge in [-0.25, -0.2) is 0 Å². The van der Waals surface area contributed by atoms with Gasteiger partial charge in [0.1, 0.15) is 0 Å². The average Bonchev–Trinajstić information content (AvgIpc) is 2.24. The smallest absolute Gasteiger partial charge is 0 e. The molecule has 2 rings (SSSR count). The van der Waals surface area contributed by atoms with Crippen LogP contribution in [0.15, 0.2) is 48.8 Å². The molecular weight excluding hydrogens is 334 g/mol. The summed E-state index contributed by atoms with van der Waals surface area (Å²) in [6.45, 7) is 0. The molecule has 2 aromatic rings. The van der Waals surface area contributed by atoms with Crippen molar-refractivity contribution < 1.29 is 20.4 Å². The molecule has 0 atom stereocenters. The molecule has 0 aromatic carbocycles. The zero-order valence-electron chi connectivity index (χ0n) is 6.89. The van der Waals surface area contributed by atoms with Crippen LogP contribution in [-0.2, 0) is 20.4 Å². The van der Waals surface area contributed by atoms with E-state index in [4.69, 9.17) is 0 Å². The largest absolute Gasteiger partial charge is 0.394 e. The van der Waals surface area contributed by atoms with Gasteiger partial charge in [-0.05, 0) is 0 Å². The van der Waals surface area contributed by atoms with E-state index in [9.17, 15) is 0 Å². The van der Waals surface area contributed by atoms with Gasteiger partial charge in [0.05, 0.1) is 0 Å². The Hall–Kier alpha value is -1.04. The Balaban J connectivity index is 0.000000206. The molecule has 0 amide bonds. The van der Waals surface area contributed by atoms with Crippen molar-refractivity contribution in [3.8, 4) is 0 Å². The second-order valence-corrected chi connectivity index (χ2v) is 1.92. The van der Waals surface area contributed by atoms with Gasteiger partial charge in [0.25, 0.3) is 0 Å². The molecule has 0 aliphatic carbocycles. The Labute approximate surface area is 91.7 Å². The Morgan fingerprint density at radius 3 is 1.23 bits per heavy atom. The third kappa shape index (κ3) is 7.33. The second-order valence-electron chi connectivity index (χ2n) is 1.92. The van der Waals surface area contributed by atoms with E-state index in [-0.39, 0.29) is 20.4 Å². The first-order valence-corrected chi connectivity index (χ1v) is 3.54. The van der Waals surface area contributed by atoms with Crippen molar-refractivity contribution >= 4 is 0 Å². The molecule has 1 radical (unpaired) electrons. The van der Waals surface area contributed by atoms with Gasteiger partial charge in [0.2, 0.25) is 0 Å². The number of rotatable bonds is 0. The molecule has 0 saturated heterocycles. The van der Waals surface area contributed by atoms with Crippen LogP contribution in [0.1, 0.15) is 0 Å². The maximum Gasteiger partial charge on any atom is 0 e. The van der Waals surface area contributed by atoms with Crippen LogP contribution in [0.25, 0.3) is 0 Å². The van der Waals surface area contributed by atoms with Crippen LogP contribution < -0.4 is 0 Å². The molecule has 2 aromatic heterocycles. The first kappa shape index (κ1) is 12.0. The summed E-state index contributed by atoms with van der Waals surface area (Å²) < 4.78 is 0. The predicted octanol–water partition coefficient (Wildman–Crippen LogP) is 1.76. The van der Waals surface area contributed by atoms with Crippen molar-refractivity contribution in [3.05, 3.63) is 61.2 Å². The van der Waals surface area contributed by atoms with Crippen LogP contribution in [0.5, 0.6) is 0 Å². The summed E-state index contributed by atoms with van der Waals surface area (Å²) in [7, 11) is 0. The first-order valence-electron chi connectivity index (χ1n) is 3.54. The number of hydrogen-bond donors (Lipinski definition) is 0. The van der Waals surface area contributed by atoms with E-state index in [0.717, 1.165) is 0 Å². The van der Waals surface area contributed by atoms with Crippen LogP contribution in [0.2, 0.25) is 0 Å². The summed E-state index contributed by atoms with van der Waals surface area (Å²) in [6.07, 6.45) is 8.67. The number of aromatic nitrogens is 2. The van der Waals surface area contributed by atoms with E-state index < -0.39 is 0 Å². The quantitative estimate of drug-likeness (QED) is 0.682. The van der Waals surface area contributed by atoms with Gasteiger partial charge in [-0.2, -0.15) is 36.4 Å². The van der Waals surface area contributed by atoms with Crippen molar-refractivity contribution in [1.29, 1.82) is 0 Å². The SMILES string of the molecule is [Re].[c-]1ccccn1.[c-]1ccccn1. The fourth-order valence-corrected chi connectivity index (χ4v) is 0.555. The molecule has 0 fully saturated rings. The maximum atomic E-state index is 3.66. The topological polar surface area (TPSA) is 25.8 Å². The molecule has 0 saturated carbocycles. The Bertz CT molecular complexity index is 188. The van der Waals surface area contributed by atoms with Gasteiger partial charge >= 0.3 is 0 Å². The molecule has 0 aliphatic heterocycles. The van der Waals surface area contributed by atoms with Crippen LogP contribution in [0.4, 0.5) is 0 Å². The Morgan fingerprint density at radius 2 is 1.15 bits per heavy atom. The summed E-state index contributed by atoms with van der Waals surface area (Å²) in [5.41, 5.74) is 0. The van der Waals surface area contributed by atoms with E-state index in [2.05, 4.69) is 22.4 Å². The average molecular weight is 342 g/mol. The summed E-state index contributed by atoms with van der Waals surface area (Å²) in [6, 6.07) is 11.0. The molecular formula is C10H8N2Re-2. The second kappa shape index (κ2) is 9.05. The standard InChI is InChI=1S/2C5H4N.Re/c2*1-2-4-6-5-3-1;/h2*1-4H;/q2*-1;. The molecule has 0 N–H and O–H groups in total. The molecule has 2 heterocycles. The fourth-order valence-electron chi connectivity index (χ4n) is 0.555. The zero-order chi connectivity index (χ0) is 8.49. The van der Waals surface area contributed by atoms with Crippen LogP contribution in [-0.4, -0.2) is 9.97 Å². The molecule has 0 bridgehead atoms. The van der Waals surface area contributed by atoms with Crippen molar-refractivity contribution in [1.82, 2.24) is 9.97 Å². The third-order valence-corrected chi connectivity index (χ3v) is 1.03. The van der Waals surface area contributed by atoms with Crippen molar-refractivity contribution in [2.24, 2.45) is 0 Å². The minimum Gasteiger partial charge on any atom is -0.394 e. The van der Waals surface area contributed by atoms with Crippen LogP contribution in [0, 0.1) is 12.4 Å². The summed E-state index contributed by atoms with van der Waals surface area (Å²) in [4.78, 5) is 7.32. The van der Waals surface area contributed by atoms with E-state index in [1.54, 1.807) is 24.5 Å². The Kier molecular flexibility index (Phi) is 8.33. The monoisotopic (exact) mass is 343 g/mol. The zero-order valence-corrected chi connectivity index (χ0v) is 9.61. The molecule has 67 valence electrons. The molecule has 0 spiro atoms. The molecule has 3 heteroatoms. The van der Waals surface area contributed by atoms with Gasteiger partial charge in [-0.1, -0.05) is 24.8 Å². The van der Waals surface area contributed by atoms with Crippen LogP contribution >= 0.6 is 0 Å². The number of hydrogen-bond acceptors (Lipinski definition) is 2. The maximum absolute atomic E-state index is 3.66. The predicted molar refractivity (Wildman–Crippen MR) is 46.1 cm³/mol. The number of pyridine rings is 2. The van der Waals surface area contributed by atoms with E-state index in [1.807, 2.05) is 24.3 Å². The van der Waals surface area contributed by atoms with E-state index in [1.165, 1.54) is 0 Å². The Morgan fingerprint density at radius 1 is 0.692 bits per heavy atom. The van der Waals surface area contributed by atoms with E-state index >= 15 is 0 Å². The van der Waals surface area contributed by atoms with E-state index in [0.29, 0.717) is 0 Å². The summed E-state index contributed by atoms with van der Waals surface area (Å²) in [5, 5.41) is 0. The van der Waals surface area contributed by atoms with Gasteiger partial charge in [0, 0.05) is 20.4 Å². The van der Waals surface area contributed by atoms with Crippen LogP contribution in [0.3, 0.4) is 0 Å². The van der Waals surface area contributed by atoms with Crippen molar-refractivity contribution in [2.45, 2.75) is 0 Å². The first-order chi connectivity index (χ1) is 6.00. The molecule has 2 nitrogen and oxygen atoms in total. The van der Waals surface area contributed by atoms with Gasteiger partial charge < -0.3 is 9.97 Å². The van der Waals surface area contributed by atoms with Gasteiger partial charge in [-0.3, -0.25) is 0 Å². The summed E-state index contributed by atoms with van der Waals surface area (Å²) >= 11 is 0. The number of nitrogens with zero attached hydrogens (tertiary/aromatic N) is 2. The van der Waals surface area contributed by atoms with Crippen molar-refractivity contribution in [2.75, 3.05) is 0 Å².